The molecule has 5 heteroatoms. The Labute approximate surface area is 99.2 Å². The third kappa shape index (κ3) is 2.69. The molecule has 0 saturated heterocycles. The first-order valence-corrected chi connectivity index (χ1v) is 4.82. The van der Waals surface area contributed by atoms with Crippen molar-refractivity contribution in [2.45, 2.75) is 6.92 Å². The van der Waals surface area contributed by atoms with Crippen LogP contribution in [-0.2, 0) is 4.79 Å². The van der Waals surface area contributed by atoms with E-state index in [1.807, 2.05) is 0 Å². The number of rotatable bonds is 4. The largest absolute Gasteiger partial charge is 0.502 e. The summed E-state index contributed by atoms with van der Waals surface area (Å²) in [6.45, 7) is 4.99. The fourth-order valence-electron chi connectivity index (χ4n) is 1.16. The summed E-state index contributed by atoms with van der Waals surface area (Å²) in [5, 5.41) is 9.76. The van der Waals surface area contributed by atoms with E-state index in [2.05, 4.69) is 6.58 Å². The molecule has 1 rings (SSSR count). The van der Waals surface area contributed by atoms with Crippen molar-refractivity contribution < 1.29 is 24.1 Å². The zero-order valence-electron chi connectivity index (χ0n) is 9.94. The van der Waals surface area contributed by atoms with Crippen LogP contribution in [0.25, 0.3) is 0 Å². The molecule has 0 atom stereocenters. The van der Waals surface area contributed by atoms with Gasteiger partial charge in [0.25, 0.3) is 0 Å². The molecule has 92 valence electrons. The summed E-state index contributed by atoms with van der Waals surface area (Å²) in [6, 6.07) is 2.94. The monoisotopic (exact) mass is 238 g/mol. The molecule has 17 heavy (non-hydrogen) atoms. The molecule has 1 aromatic carbocycles. The van der Waals surface area contributed by atoms with E-state index < -0.39 is 5.97 Å². The Morgan fingerprint density at radius 2 is 1.82 bits per heavy atom. The standard InChI is InChI=1S/C12H14O5/c1-7(2)12(14)17-9-6-5-8(15-3)10(13)11(9)16-4/h5-6,13H,1H2,2-4H3. The Kier molecular flexibility index (Phi) is 3.98. The van der Waals surface area contributed by atoms with E-state index in [0.717, 1.165) is 0 Å². The number of carbonyl (C=O) groups excluding carboxylic acids is 1. The van der Waals surface area contributed by atoms with Crippen molar-refractivity contribution in [2.75, 3.05) is 14.2 Å². The highest BCUT2D eigenvalue weighted by Gasteiger charge is 2.17. The second-order valence-corrected chi connectivity index (χ2v) is 3.32. The Morgan fingerprint density at radius 3 is 2.29 bits per heavy atom. The van der Waals surface area contributed by atoms with Crippen molar-refractivity contribution in [3.8, 4) is 23.0 Å². The third-order valence-corrected chi connectivity index (χ3v) is 2.03. The van der Waals surface area contributed by atoms with Crippen molar-refractivity contribution in [1.82, 2.24) is 0 Å². The maximum atomic E-state index is 11.4. The Hall–Kier alpha value is -2.17. The smallest absolute Gasteiger partial charge is 0.338 e. The number of ether oxygens (including phenoxy) is 3. The van der Waals surface area contributed by atoms with E-state index in [9.17, 15) is 9.90 Å². The van der Waals surface area contributed by atoms with Crippen molar-refractivity contribution in [1.29, 1.82) is 0 Å². The van der Waals surface area contributed by atoms with Gasteiger partial charge >= 0.3 is 5.97 Å². The minimum Gasteiger partial charge on any atom is -0.502 e. The van der Waals surface area contributed by atoms with Crippen LogP contribution >= 0.6 is 0 Å². The van der Waals surface area contributed by atoms with Gasteiger partial charge in [-0.2, -0.15) is 0 Å². The van der Waals surface area contributed by atoms with Crippen LogP contribution in [0.3, 0.4) is 0 Å². The molecule has 1 N–H and O–H groups in total. The zero-order chi connectivity index (χ0) is 13.0. The molecule has 0 aliphatic rings. The lowest BCUT2D eigenvalue weighted by Gasteiger charge is -2.12. The van der Waals surface area contributed by atoms with Gasteiger partial charge in [-0.3, -0.25) is 0 Å². The summed E-state index contributed by atoms with van der Waals surface area (Å²) in [6.07, 6.45) is 0. The van der Waals surface area contributed by atoms with E-state index in [1.54, 1.807) is 0 Å². The van der Waals surface area contributed by atoms with Crippen LogP contribution in [0.15, 0.2) is 24.3 Å². The number of phenols is 1. The number of aromatic hydroxyl groups is 1. The molecule has 0 unspecified atom stereocenters. The summed E-state index contributed by atoms with van der Waals surface area (Å²) in [7, 11) is 2.76. The molecule has 5 nitrogen and oxygen atoms in total. The summed E-state index contributed by atoms with van der Waals surface area (Å²) < 4.78 is 14.9. The Balaban J connectivity index is 3.13. The van der Waals surface area contributed by atoms with Gasteiger partial charge in [0, 0.05) is 5.57 Å². The van der Waals surface area contributed by atoms with Gasteiger partial charge in [0.15, 0.2) is 11.5 Å². The second-order valence-electron chi connectivity index (χ2n) is 3.32. The van der Waals surface area contributed by atoms with Crippen molar-refractivity contribution >= 4 is 5.97 Å². The molecule has 0 aromatic heterocycles. The van der Waals surface area contributed by atoms with Gasteiger partial charge in [-0.1, -0.05) is 6.58 Å². The van der Waals surface area contributed by atoms with E-state index >= 15 is 0 Å². The average Bonchev–Trinajstić information content (AvgIpc) is 2.29. The van der Waals surface area contributed by atoms with E-state index in [0.29, 0.717) is 0 Å². The van der Waals surface area contributed by atoms with Crippen LogP contribution in [0.2, 0.25) is 0 Å². The summed E-state index contributed by atoms with van der Waals surface area (Å²) in [4.78, 5) is 11.4. The molecular formula is C12H14O5. The molecule has 0 heterocycles. The first-order chi connectivity index (χ1) is 8.01. The molecule has 0 amide bonds. The van der Waals surface area contributed by atoms with Crippen LogP contribution in [0.4, 0.5) is 0 Å². The van der Waals surface area contributed by atoms with Gasteiger partial charge in [-0.15, -0.1) is 0 Å². The van der Waals surface area contributed by atoms with Crippen LogP contribution in [0, 0.1) is 0 Å². The highest BCUT2D eigenvalue weighted by atomic mass is 16.6. The van der Waals surface area contributed by atoms with Gasteiger partial charge in [-0.05, 0) is 19.1 Å². The van der Waals surface area contributed by atoms with E-state index in [1.165, 1.54) is 33.3 Å². The van der Waals surface area contributed by atoms with Gasteiger partial charge < -0.3 is 19.3 Å². The highest BCUT2D eigenvalue weighted by Crippen LogP contribution is 2.43. The number of phenolic OH excluding ortho intramolecular Hbond substituents is 1. The normalized spacial score (nSPS) is 9.59. The number of hydrogen-bond donors (Lipinski definition) is 1. The number of esters is 1. The predicted molar refractivity (Wildman–Crippen MR) is 61.7 cm³/mol. The van der Waals surface area contributed by atoms with Crippen LogP contribution in [-0.4, -0.2) is 25.3 Å². The predicted octanol–water partition coefficient (Wildman–Crippen LogP) is 1.89. The van der Waals surface area contributed by atoms with Crippen molar-refractivity contribution in [3.05, 3.63) is 24.3 Å². The number of benzene rings is 1. The van der Waals surface area contributed by atoms with Crippen LogP contribution < -0.4 is 14.2 Å². The van der Waals surface area contributed by atoms with Crippen molar-refractivity contribution in [3.63, 3.8) is 0 Å². The van der Waals surface area contributed by atoms with Gasteiger partial charge in [0.05, 0.1) is 14.2 Å². The lowest BCUT2D eigenvalue weighted by Crippen LogP contribution is -2.09. The molecule has 0 aliphatic carbocycles. The zero-order valence-corrected chi connectivity index (χ0v) is 9.94. The van der Waals surface area contributed by atoms with Crippen LogP contribution in [0.5, 0.6) is 23.0 Å². The summed E-state index contributed by atoms with van der Waals surface area (Å²) in [5.74, 6) is -0.426. The topological polar surface area (TPSA) is 65.0 Å². The fraction of sp³-hybridized carbons (Fsp3) is 0.250. The first kappa shape index (κ1) is 12.9. The second kappa shape index (κ2) is 5.25. The Bertz CT molecular complexity index is 450. The van der Waals surface area contributed by atoms with Crippen LogP contribution in [0.1, 0.15) is 6.92 Å². The Morgan fingerprint density at radius 1 is 1.24 bits per heavy atom. The van der Waals surface area contributed by atoms with Gasteiger partial charge in [-0.25, -0.2) is 4.79 Å². The maximum Gasteiger partial charge on any atom is 0.338 e. The molecule has 0 radical (unpaired) electrons. The molecule has 0 bridgehead atoms. The molecular weight excluding hydrogens is 224 g/mol. The van der Waals surface area contributed by atoms with E-state index in [-0.39, 0.29) is 28.6 Å². The molecule has 1 aromatic rings. The number of carbonyl (C=O) groups is 1. The average molecular weight is 238 g/mol. The molecule has 0 fully saturated rings. The van der Waals surface area contributed by atoms with Gasteiger partial charge in [0.2, 0.25) is 11.5 Å². The fourth-order valence-corrected chi connectivity index (χ4v) is 1.16. The van der Waals surface area contributed by atoms with E-state index in [4.69, 9.17) is 14.2 Å². The lowest BCUT2D eigenvalue weighted by molar-refractivity contribution is -0.130. The van der Waals surface area contributed by atoms with Crippen molar-refractivity contribution in [2.24, 2.45) is 0 Å². The maximum absolute atomic E-state index is 11.4. The molecule has 0 spiro atoms. The molecule has 0 saturated carbocycles. The summed E-state index contributed by atoms with van der Waals surface area (Å²) >= 11 is 0. The highest BCUT2D eigenvalue weighted by molar-refractivity contribution is 5.89. The van der Waals surface area contributed by atoms with Gasteiger partial charge in [0.1, 0.15) is 0 Å². The summed E-state index contributed by atoms with van der Waals surface area (Å²) in [5.41, 5.74) is 0.252. The minimum atomic E-state index is -0.590. The SMILES string of the molecule is C=C(C)C(=O)Oc1ccc(OC)c(O)c1OC. The lowest BCUT2D eigenvalue weighted by atomic mass is 10.2. The minimum absolute atomic E-state index is 0.0407. The number of hydrogen-bond acceptors (Lipinski definition) is 5. The first-order valence-electron chi connectivity index (χ1n) is 4.82. The quantitative estimate of drug-likeness (QED) is 0.493. The number of methoxy groups -OCH3 is 2. The molecule has 0 aliphatic heterocycles. The third-order valence-electron chi connectivity index (χ3n) is 2.03.